The smallest absolute Gasteiger partial charge is 0.241 e. The van der Waals surface area contributed by atoms with Crippen LogP contribution in [0.15, 0.2) is 24.3 Å². The molecule has 6 heteroatoms. The molecule has 116 valence electrons. The molecule has 1 rings (SSSR count). The first kappa shape index (κ1) is 17.0. The Morgan fingerprint density at radius 2 is 2.10 bits per heavy atom. The Hall–Kier alpha value is -2.08. The van der Waals surface area contributed by atoms with Gasteiger partial charge in [-0.2, -0.15) is 0 Å². The highest BCUT2D eigenvalue weighted by Crippen LogP contribution is 2.12. The lowest BCUT2D eigenvalue weighted by Gasteiger charge is -2.23. The molecule has 0 aliphatic rings. The lowest BCUT2D eigenvalue weighted by molar-refractivity contribution is -0.124. The number of hydrogen-bond acceptors (Lipinski definition) is 4. The Morgan fingerprint density at radius 1 is 1.38 bits per heavy atom. The van der Waals surface area contributed by atoms with Crippen molar-refractivity contribution in [3.05, 3.63) is 24.3 Å². The fourth-order valence-corrected chi connectivity index (χ4v) is 1.75. The van der Waals surface area contributed by atoms with E-state index in [1.165, 1.54) is 0 Å². The minimum Gasteiger partial charge on any atom is -0.399 e. The molecule has 0 aromatic heterocycles. The summed E-state index contributed by atoms with van der Waals surface area (Å²) in [6.07, 6.45) is 0.890. The summed E-state index contributed by atoms with van der Waals surface area (Å²) < 4.78 is 0. The van der Waals surface area contributed by atoms with Crippen molar-refractivity contribution in [2.24, 2.45) is 0 Å². The van der Waals surface area contributed by atoms with Crippen LogP contribution in [0.3, 0.4) is 0 Å². The van der Waals surface area contributed by atoms with Gasteiger partial charge in [0.15, 0.2) is 0 Å². The standard InChI is InChI=1S/C15H24N4O2/c1-4-8-17-14(20)10-19(3)11(2)15(21)18-13-7-5-6-12(16)9-13/h5-7,9,11H,4,8,10,16H2,1-3H3,(H,17,20)(H,18,21). The van der Waals surface area contributed by atoms with Gasteiger partial charge in [-0.3, -0.25) is 14.5 Å². The molecular weight excluding hydrogens is 268 g/mol. The zero-order chi connectivity index (χ0) is 15.8. The number of nitrogens with one attached hydrogen (secondary N) is 2. The van der Waals surface area contributed by atoms with Crippen molar-refractivity contribution in [2.45, 2.75) is 26.3 Å². The lowest BCUT2D eigenvalue weighted by Crippen LogP contribution is -2.44. The highest BCUT2D eigenvalue weighted by Gasteiger charge is 2.20. The first-order valence-corrected chi connectivity index (χ1v) is 7.07. The van der Waals surface area contributed by atoms with Gasteiger partial charge in [0.2, 0.25) is 11.8 Å². The second-order valence-corrected chi connectivity index (χ2v) is 5.06. The van der Waals surface area contributed by atoms with E-state index in [1.54, 1.807) is 43.1 Å². The number of hydrogen-bond donors (Lipinski definition) is 3. The lowest BCUT2D eigenvalue weighted by atomic mass is 10.2. The number of carbonyl (C=O) groups is 2. The molecule has 2 amide bonds. The Bertz CT molecular complexity index is 490. The summed E-state index contributed by atoms with van der Waals surface area (Å²) in [5, 5.41) is 5.57. The molecule has 1 aromatic carbocycles. The molecule has 0 saturated heterocycles. The number of anilines is 2. The molecule has 0 bridgehead atoms. The normalized spacial score (nSPS) is 12.0. The monoisotopic (exact) mass is 292 g/mol. The van der Waals surface area contributed by atoms with Gasteiger partial charge >= 0.3 is 0 Å². The highest BCUT2D eigenvalue weighted by atomic mass is 16.2. The molecule has 0 radical (unpaired) electrons. The molecule has 1 aromatic rings. The van der Waals surface area contributed by atoms with Crippen LogP contribution in [0.2, 0.25) is 0 Å². The summed E-state index contributed by atoms with van der Waals surface area (Å²) in [5.74, 6) is -0.255. The van der Waals surface area contributed by atoms with Gasteiger partial charge in [0, 0.05) is 17.9 Å². The van der Waals surface area contributed by atoms with Crippen molar-refractivity contribution in [3.8, 4) is 0 Å². The van der Waals surface area contributed by atoms with Gasteiger partial charge in [-0.15, -0.1) is 0 Å². The van der Waals surface area contributed by atoms with Gasteiger partial charge in [-0.25, -0.2) is 0 Å². The van der Waals surface area contributed by atoms with E-state index < -0.39 is 6.04 Å². The molecule has 1 atom stereocenters. The molecule has 0 spiro atoms. The Kier molecular flexibility index (Phi) is 6.68. The van der Waals surface area contributed by atoms with Crippen LogP contribution < -0.4 is 16.4 Å². The fourth-order valence-electron chi connectivity index (χ4n) is 1.75. The number of carbonyl (C=O) groups excluding carboxylic acids is 2. The molecule has 0 fully saturated rings. The van der Waals surface area contributed by atoms with Crippen LogP contribution in [0.25, 0.3) is 0 Å². The van der Waals surface area contributed by atoms with E-state index in [9.17, 15) is 9.59 Å². The van der Waals surface area contributed by atoms with Gasteiger partial charge in [-0.1, -0.05) is 13.0 Å². The molecule has 0 heterocycles. The number of nitrogen functional groups attached to an aromatic ring is 1. The van der Waals surface area contributed by atoms with E-state index in [1.807, 2.05) is 6.92 Å². The zero-order valence-electron chi connectivity index (χ0n) is 12.8. The van der Waals surface area contributed by atoms with Gasteiger partial charge in [0.05, 0.1) is 12.6 Å². The molecule has 0 saturated carbocycles. The number of benzene rings is 1. The minimum atomic E-state index is -0.418. The second kappa shape index (κ2) is 8.26. The van der Waals surface area contributed by atoms with E-state index in [-0.39, 0.29) is 18.4 Å². The van der Waals surface area contributed by atoms with E-state index >= 15 is 0 Å². The SMILES string of the molecule is CCCNC(=O)CN(C)C(C)C(=O)Nc1cccc(N)c1. The molecule has 0 aliphatic heterocycles. The number of nitrogens with zero attached hydrogens (tertiary/aromatic N) is 1. The Labute approximate surface area is 125 Å². The van der Waals surface area contributed by atoms with Crippen molar-refractivity contribution >= 4 is 23.2 Å². The predicted molar refractivity (Wildman–Crippen MR) is 84.9 cm³/mol. The van der Waals surface area contributed by atoms with Crippen LogP contribution in [0, 0.1) is 0 Å². The van der Waals surface area contributed by atoms with Crippen LogP contribution in [-0.2, 0) is 9.59 Å². The van der Waals surface area contributed by atoms with Crippen LogP contribution in [-0.4, -0.2) is 42.9 Å². The van der Waals surface area contributed by atoms with Crippen LogP contribution in [0.5, 0.6) is 0 Å². The summed E-state index contributed by atoms with van der Waals surface area (Å²) in [6.45, 7) is 4.59. The number of rotatable bonds is 7. The summed E-state index contributed by atoms with van der Waals surface area (Å²) in [5.41, 5.74) is 6.91. The molecule has 1 unspecified atom stereocenters. The van der Waals surface area contributed by atoms with E-state index in [0.29, 0.717) is 17.9 Å². The maximum absolute atomic E-state index is 12.1. The average molecular weight is 292 g/mol. The predicted octanol–water partition coefficient (Wildman–Crippen LogP) is 1.05. The third-order valence-corrected chi connectivity index (χ3v) is 3.16. The summed E-state index contributed by atoms with van der Waals surface area (Å²) in [7, 11) is 1.75. The first-order chi connectivity index (χ1) is 9.93. The third kappa shape index (κ3) is 5.83. The number of amides is 2. The minimum absolute atomic E-state index is 0.0806. The average Bonchev–Trinajstić information content (AvgIpc) is 2.44. The van der Waals surface area contributed by atoms with Crippen molar-refractivity contribution < 1.29 is 9.59 Å². The summed E-state index contributed by atoms with van der Waals surface area (Å²) >= 11 is 0. The largest absolute Gasteiger partial charge is 0.399 e. The molecule has 21 heavy (non-hydrogen) atoms. The highest BCUT2D eigenvalue weighted by molar-refractivity contribution is 5.95. The van der Waals surface area contributed by atoms with Crippen molar-refractivity contribution in [1.29, 1.82) is 0 Å². The van der Waals surface area contributed by atoms with Crippen LogP contribution in [0.4, 0.5) is 11.4 Å². The topological polar surface area (TPSA) is 87.5 Å². The Balaban J connectivity index is 2.51. The van der Waals surface area contributed by atoms with Crippen LogP contribution >= 0.6 is 0 Å². The molecular formula is C15H24N4O2. The quantitative estimate of drug-likeness (QED) is 0.656. The third-order valence-electron chi connectivity index (χ3n) is 3.16. The van der Waals surface area contributed by atoms with Crippen molar-refractivity contribution in [3.63, 3.8) is 0 Å². The molecule has 4 N–H and O–H groups in total. The van der Waals surface area contributed by atoms with E-state index in [0.717, 1.165) is 6.42 Å². The first-order valence-electron chi connectivity index (χ1n) is 7.07. The Morgan fingerprint density at radius 3 is 2.71 bits per heavy atom. The van der Waals surface area contributed by atoms with Crippen LogP contribution in [0.1, 0.15) is 20.3 Å². The van der Waals surface area contributed by atoms with E-state index in [4.69, 9.17) is 5.73 Å². The van der Waals surface area contributed by atoms with Gasteiger partial charge in [0.25, 0.3) is 0 Å². The van der Waals surface area contributed by atoms with Gasteiger partial charge in [0.1, 0.15) is 0 Å². The maximum atomic E-state index is 12.1. The maximum Gasteiger partial charge on any atom is 0.241 e. The van der Waals surface area contributed by atoms with Crippen molar-refractivity contribution in [1.82, 2.24) is 10.2 Å². The zero-order valence-corrected chi connectivity index (χ0v) is 12.8. The molecule has 0 aliphatic carbocycles. The fraction of sp³-hybridized carbons (Fsp3) is 0.467. The summed E-state index contributed by atoms with van der Waals surface area (Å²) in [6, 6.07) is 6.58. The second-order valence-electron chi connectivity index (χ2n) is 5.06. The number of nitrogens with two attached hydrogens (primary N) is 1. The van der Waals surface area contributed by atoms with Gasteiger partial charge < -0.3 is 16.4 Å². The number of likely N-dealkylation sites (N-methyl/N-ethyl adjacent to an activating group) is 1. The van der Waals surface area contributed by atoms with E-state index in [2.05, 4.69) is 10.6 Å². The summed E-state index contributed by atoms with van der Waals surface area (Å²) in [4.78, 5) is 25.5. The van der Waals surface area contributed by atoms with Crippen molar-refractivity contribution in [2.75, 3.05) is 31.2 Å². The van der Waals surface area contributed by atoms with Gasteiger partial charge in [-0.05, 0) is 38.6 Å². The molecule has 6 nitrogen and oxygen atoms in total.